The van der Waals surface area contributed by atoms with E-state index >= 15 is 0 Å². The molecule has 0 spiro atoms. The van der Waals surface area contributed by atoms with E-state index in [-0.39, 0.29) is 28.0 Å². The predicted octanol–water partition coefficient (Wildman–Crippen LogP) is 5.57. The molecule has 1 aliphatic carbocycles. The van der Waals surface area contributed by atoms with Gasteiger partial charge in [-0.2, -0.15) is 15.6 Å². The van der Waals surface area contributed by atoms with Crippen LogP contribution in [0.15, 0.2) is 88.6 Å². The Bertz CT molecular complexity index is 1490. The highest BCUT2D eigenvalue weighted by Gasteiger charge is 2.26. The van der Waals surface area contributed by atoms with Gasteiger partial charge >= 0.3 is 0 Å². The van der Waals surface area contributed by atoms with E-state index in [1.54, 1.807) is 54.6 Å². The second-order valence-corrected chi connectivity index (χ2v) is 7.61. The molecule has 0 radical (unpaired) electrons. The SMILES string of the molecule is N#Cc1ccc(N=Nc2ccc(NC(=O)c3ccccc3C(=O)C3=CCCC3=O)cc2)c(C#N)c1. The van der Waals surface area contributed by atoms with Crippen LogP contribution in [-0.2, 0) is 4.79 Å². The summed E-state index contributed by atoms with van der Waals surface area (Å²) in [4.78, 5) is 37.7. The summed E-state index contributed by atoms with van der Waals surface area (Å²) in [5, 5.41) is 29.1. The largest absolute Gasteiger partial charge is 0.322 e. The minimum Gasteiger partial charge on any atom is -0.322 e. The summed E-state index contributed by atoms with van der Waals surface area (Å²) in [7, 11) is 0. The maximum atomic E-state index is 12.9. The summed E-state index contributed by atoms with van der Waals surface area (Å²) in [6.07, 6.45) is 2.45. The number of ketones is 2. The molecular formula is C27H17N5O3. The van der Waals surface area contributed by atoms with Gasteiger partial charge < -0.3 is 5.32 Å². The molecule has 0 atom stereocenters. The van der Waals surface area contributed by atoms with Crippen LogP contribution in [0.2, 0.25) is 0 Å². The van der Waals surface area contributed by atoms with Gasteiger partial charge in [-0.15, -0.1) is 5.11 Å². The Morgan fingerprint density at radius 3 is 2.29 bits per heavy atom. The number of nitrogens with one attached hydrogen (secondary N) is 1. The van der Waals surface area contributed by atoms with Crippen LogP contribution in [0, 0.1) is 22.7 Å². The zero-order chi connectivity index (χ0) is 24.8. The smallest absolute Gasteiger partial charge is 0.256 e. The van der Waals surface area contributed by atoms with Crippen LogP contribution in [0.4, 0.5) is 17.1 Å². The average Bonchev–Trinajstić information content (AvgIpc) is 3.33. The van der Waals surface area contributed by atoms with Crippen LogP contribution in [0.1, 0.15) is 44.7 Å². The summed E-state index contributed by atoms with van der Waals surface area (Å²) in [5.41, 5.74) is 2.36. The first-order chi connectivity index (χ1) is 17.0. The first-order valence-electron chi connectivity index (χ1n) is 10.6. The van der Waals surface area contributed by atoms with Crippen LogP contribution >= 0.6 is 0 Å². The molecular weight excluding hydrogens is 442 g/mol. The van der Waals surface area contributed by atoms with Crippen molar-refractivity contribution in [3.8, 4) is 12.1 Å². The fraction of sp³-hybridized carbons (Fsp3) is 0.0741. The molecule has 35 heavy (non-hydrogen) atoms. The highest BCUT2D eigenvalue weighted by Crippen LogP contribution is 2.25. The van der Waals surface area contributed by atoms with Crippen LogP contribution in [0.3, 0.4) is 0 Å². The van der Waals surface area contributed by atoms with E-state index in [9.17, 15) is 19.6 Å². The maximum Gasteiger partial charge on any atom is 0.256 e. The first kappa shape index (κ1) is 23.0. The highest BCUT2D eigenvalue weighted by atomic mass is 16.2. The molecule has 8 nitrogen and oxygen atoms in total. The average molecular weight is 459 g/mol. The molecule has 0 saturated heterocycles. The monoisotopic (exact) mass is 459 g/mol. The Hall–Kier alpha value is -5.21. The zero-order valence-electron chi connectivity index (χ0n) is 18.4. The number of anilines is 1. The van der Waals surface area contributed by atoms with E-state index in [2.05, 4.69) is 15.5 Å². The molecule has 0 bridgehead atoms. The van der Waals surface area contributed by atoms with Crippen LogP contribution < -0.4 is 5.32 Å². The van der Waals surface area contributed by atoms with Crippen LogP contribution in [-0.4, -0.2) is 17.5 Å². The molecule has 3 aromatic carbocycles. The predicted molar refractivity (Wildman–Crippen MR) is 128 cm³/mol. The van der Waals surface area contributed by atoms with Gasteiger partial charge in [0.1, 0.15) is 11.8 Å². The van der Waals surface area contributed by atoms with Crippen molar-refractivity contribution in [1.82, 2.24) is 0 Å². The molecule has 1 amide bonds. The van der Waals surface area contributed by atoms with Crippen molar-refractivity contribution < 1.29 is 14.4 Å². The molecule has 4 rings (SSSR count). The zero-order valence-corrected chi connectivity index (χ0v) is 18.4. The molecule has 0 fully saturated rings. The quantitative estimate of drug-likeness (QED) is 0.292. The van der Waals surface area contributed by atoms with E-state index in [1.165, 1.54) is 18.2 Å². The second kappa shape index (κ2) is 10.2. The number of nitrogens with zero attached hydrogens (tertiary/aromatic N) is 4. The molecule has 8 heteroatoms. The minimum atomic E-state index is -0.481. The molecule has 0 aliphatic heterocycles. The lowest BCUT2D eigenvalue weighted by molar-refractivity contribution is -0.114. The Labute approximate surface area is 200 Å². The molecule has 0 unspecified atom stereocenters. The van der Waals surface area contributed by atoms with Gasteiger partial charge in [-0.1, -0.05) is 24.3 Å². The number of nitriles is 2. The topological polar surface area (TPSA) is 136 Å². The van der Waals surface area contributed by atoms with Gasteiger partial charge in [0.15, 0.2) is 11.6 Å². The standard InChI is InChI=1S/C27H17N5O3/c28-15-17-8-13-24(18(14-17)16-29)32-31-20-11-9-19(10-12-20)30-27(35)22-5-2-1-4-21(22)26(34)23-6-3-7-25(23)33/h1-2,4-6,8-14H,3,7H2,(H,30,35). The van der Waals surface area contributed by atoms with Crippen molar-refractivity contribution in [2.75, 3.05) is 5.32 Å². The lowest BCUT2D eigenvalue weighted by Gasteiger charge is -2.10. The number of carbonyl (C=O) groups excluding carboxylic acids is 3. The third kappa shape index (κ3) is 5.08. The molecule has 1 aliphatic rings. The number of rotatable bonds is 6. The number of benzene rings is 3. The maximum absolute atomic E-state index is 12.9. The lowest BCUT2D eigenvalue weighted by atomic mass is 9.97. The molecule has 1 N–H and O–H groups in total. The molecule has 3 aromatic rings. The van der Waals surface area contributed by atoms with Gasteiger partial charge in [-0.3, -0.25) is 14.4 Å². The first-order valence-corrected chi connectivity index (χ1v) is 10.6. The molecule has 0 saturated carbocycles. The van der Waals surface area contributed by atoms with Gasteiger partial charge in [0.05, 0.1) is 34.0 Å². The number of amides is 1. The lowest BCUT2D eigenvalue weighted by Crippen LogP contribution is -2.18. The highest BCUT2D eigenvalue weighted by molar-refractivity contribution is 6.29. The van der Waals surface area contributed by atoms with E-state index in [4.69, 9.17) is 5.26 Å². The normalized spacial score (nSPS) is 12.6. The number of allylic oxidation sites excluding steroid dienone is 2. The van der Waals surface area contributed by atoms with Crippen LogP contribution in [0.5, 0.6) is 0 Å². The third-order valence-electron chi connectivity index (χ3n) is 5.33. The van der Waals surface area contributed by atoms with Crippen molar-refractivity contribution >= 4 is 34.5 Å². The van der Waals surface area contributed by atoms with Gasteiger partial charge in [-0.05, 0) is 55.0 Å². The van der Waals surface area contributed by atoms with Crippen molar-refractivity contribution in [2.45, 2.75) is 12.8 Å². The van der Waals surface area contributed by atoms with Crippen LogP contribution in [0.25, 0.3) is 0 Å². The van der Waals surface area contributed by atoms with Gasteiger partial charge in [0.2, 0.25) is 0 Å². The molecule has 168 valence electrons. The Kier molecular flexibility index (Phi) is 6.66. The van der Waals surface area contributed by atoms with Crippen molar-refractivity contribution in [2.24, 2.45) is 10.2 Å². The van der Waals surface area contributed by atoms with Gasteiger partial charge in [0.25, 0.3) is 5.91 Å². The Morgan fingerprint density at radius 2 is 1.63 bits per heavy atom. The molecule has 0 heterocycles. The number of carbonyl (C=O) groups is 3. The fourth-order valence-corrected chi connectivity index (χ4v) is 3.54. The minimum absolute atomic E-state index is 0.127. The van der Waals surface area contributed by atoms with Crippen molar-refractivity contribution in [1.29, 1.82) is 10.5 Å². The Morgan fingerprint density at radius 1 is 0.886 bits per heavy atom. The van der Waals surface area contributed by atoms with E-state index < -0.39 is 11.7 Å². The fourth-order valence-electron chi connectivity index (χ4n) is 3.54. The third-order valence-corrected chi connectivity index (χ3v) is 5.33. The van der Waals surface area contributed by atoms with Crippen molar-refractivity contribution in [3.05, 3.63) is 101 Å². The Balaban J connectivity index is 1.49. The summed E-state index contributed by atoms with van der Waals surface area (Å²) in [6.45, 7) is 0. The van der Waals surface area contributed by atoms with E-state index in [1.807, 2.05) is 12.1 Å². The second-order valence-electron chi connectivity index (χ2n) is 7.61. The molecule has 0 aromatic heterocycles. The number of Topliss-reactive ketones (excluding diaryl/α,β-unsaturated/α-hetero) is 2. The van der Waals surface area contributed by atoms with E-state index in [0.717, 1.165) is 0 Å². The summed E-state index contributed by atoms with van der Waals surface area (Å²) >= 11 is 0. The number of hydrogen-bond donors (Lipinski definition) is 1. The van der Waals surface area contributed by atoms with Gasteiger partial charge in [0, 0.05) is 17.7 Å². The summed E-state index contributed by atoms with van der Waals surface area (Å²) in [6, 6.07) is 21.4. The number of azo groups is 1. The summed E-state index contributed by atoms with van der Waals surface area (Å²) in [5.74, 6) is -1.14. The van der Waals surface area contributed by atoms with Crippen molar-refractivity contribution in [3.63, 3.8) is 0 Å². The number of hydrogen-bond acceptors (Lipinski definition) is 7. The van der Waals surface area contributed by atoms with E-state index in [0.29, 0.717) is 35.5 Å². The summed E-state index contributed by atoms with van der Waals surface area (Å²) < 4.78 is 0. The van der Waals surface area contributed by atoms with Gasteiger partial charge in [-0.25, -0.2) is 0 Å².